The maximum absolute atomic E-state index is 13.1. The van der Waals surface area contributed by atoms with E-state index in [1.54, 1.807) is 0 Å². The van der Waals surface area contributed by atoms with Gasteiger partial charge in [-0.1, -0.05) is 369 Å². The minimum Gasteiger partial charge on any atom is -0.462 e. The molecule has 5 atom stereocenters. The fourth-order valence-corrected chi connectivity index (χ4v) is 13.8. The second kappa shape index (κ2) is 72.0. The van der Waals surface area contributed by atoms with Crippen molar-refractivity contribution in [2.45, 2.75) is 438 Å². The highest BCUT2D eigenvalue weighted by molar-refractivity contribution is 7.47. The van der Waals surface area contributed by atoms with Gasteiger partial charge in [-0.25, -0.2) is 9.13 Å². The fraction of sp³-hybridized carbons (Fsp3) is 0.949. The Labute approximate surface area is 600 Å². The number of unbranched alkanes of at least 4 members (excludes halogenated alkanes) is 51. The van der Waals surface area contributed by atoms with E-state index in [9.17, 15) is 43.2 Å². The van der Waals surface area contributed by atoms with Crippen LogP contribution in [0.5, 0.6) is 0 Å². The molecule has 0 heterocycles. The molecule has 98 heavy (non-hydrogen) atoms. The fourth-order valence-electron chi connectivity index (χ4n) is 12.2. The first-order chi connectivity index (χ1) is 47.5. The molecule has 582 valence electrons. The summed E-state index contributed by atoms with van der Waals surface area (Å²) in [5, 5.41) is 10.6. The van der Waals surface area contributed by atoms with Gasteiger partial charge in [-0.3, -0.25) is 37.3 Å². The second-order valence-corrected chi connectivity index (χ2v) is 31.8. The minimum atomic E-state index is -4.96. The lowest BCUT2D eigenvalue weighted by Crippen LogP contribution is -2.30. The maximum atomic E-state index is 13.1. The molecule has 0 aliphatic carbocycles. The largest absolute Gasteiger partial charge is 0.472 e. The van der Waals surface area contributed by atoms with Gasteiger partial charge < -0.3 is 33.8 Å². The van der Waals surface area contributed by atoms with Crippen LogP contribution in [0.4, 0.5) is 0 Å². The summed E-state index contributed by atoms with van der Waals surface area (Å²) in [7, 11) is -9.91. The summed E-state index contributed by atoms with van der Waals surface area (Å²) >= 11 is 0. The molecule has 0 aromatic carbocycles. The molecule has 0 amide bonds. The maximum Gasteiger partial charge on any atom is 0.472 e. The third-order valence-electron chi connectivity index (χ3n) is 18.5. The lowest BCUT2D eigenvalue weighted by Gasteiger charge is -2.21. The Morgan fingerprint density at radius 1 is 0.276 bits per heavy atom. The van der Waals surface area contributed by atoms with Gasteiger partial charge in [0.15, 0.2) is 12.2 Å². The van der Waals surface area contributed by atoms with Gasteiger partial charge in [-0.05, 0) is 31.6 Å². The number of hydrogen-bond acceptors (Lipinski definition) is 15. The van der Waals surface area contributed by atoms with Crippen LogP contribution in [0, 0.1) is 5.92 Å². The highest BCUT2D eigenvalue weighted by Gasteiger charge is 2.30. The number of carbonyl (C=O) groups is 4. The van der Waals surface area contributed by atoms with Crippen LogP contribution in [0.3, 0.4) is 0 Å². The van der Waals surface area contributed by atoms with E-state index in [1.807, 2.05) is 0 Å². The van der Waals surface area contributed by atoms with E-state index < -0.39 is 97.5 Å². The van der Waals surface area contributed by atoms with Gasteiger partial charge in [0.25, 0.3) is 0 Å². The first-order valence-corrected chi connectivity index (χ1v) is 44.1. The van der Waals surface area contributed by atoms with Crippen molar-refractivity contribution in [2.75, 3.05) is 39.6 Å². The van der Waals surface area contributed by atoms with Crippen molar-refractivity contribution in [2.24, 2.45) is 5.92 Å². The van der Waals surface area contributed by atoms with Crippen molar-refractivity contribution in [3.8, 4) is 0 Å². The summed E-state index contributed by atoms with van der Waals surface area (Å²) < 4.78 is 68.6. The van der Waals surface area contributed by atoms with Gasteiger partial charge in [0, 0.05) is 25.7 Å². The number of phosphoric acid groups is 2. The molecule has 19 heteroatoms. The number of rotatable bonds is 79. The topological polar surface area (TPSA) is 237 Å². The molecular weight excluding hydrogens is 1280 g/mol. The molecule has 0 rings (SSSR count). The summed E-state index contributed by atoms with van der Waals surface area (Å²) in [6.07, 6.45) is 62.3. The molecule has 0 spiro atoms. The Kier molecular flexibility index (Phi) is 70.6. The molecule has 0 aliphatic heterocycles. The smallest absolute Gasteiger partial charge is 0.462 e. The Hall–Kier alpha value is -1.94. The van der Waals surface area contributed by atoms with Crippen molar-refractivity contribution in [3.05, 3.63) is 0 Å². The lowest BCUT2D eigenvalue weighted by molar-refractivity contribution is -0.161. The quantitative estimate of drug-likeness (QED) is 0.0222. The van der Waals surface area contributed by atoms with E-state index in [2.05, 4.69) is 34.6 Å². The summed E-state index contributed by atoms with van der Waals surface area (Å²) in [6, 6.07) is 0. The van der Waals surface area contributed by atoms with Crippen LogP contribution in [-0.2, 0) is 65.4 Å². The zero-order valence-electron chi connectivity index (χ0n) is 63.9. The Balaban J connectivity index is 5.23. The number of carbonyl (C=O) groups excluding carboxylic acids is 4. The Bertz CT molecular complexity index is 1870. The Morgan fingerprint density at radius 3 is 0.694 bits per heavy atom. The molecule has 2 unspecified atom stereocenters. The predicted octanol–water partition coefficient (Wildman–Crippen LogP) is 23.6. The van der Waals surface area contributed by atoms with Crippen LogP contribution in [-0.4, -0.2) is 96.7 Å². The van der Waals surface area contributed by atoms with Crippen LogP contribution in [0.25, 0.3) is 0 Å². The summed E-state index contributed by atoms with van der Waals surface area (Å²) in [4.78, 5) is 72.9. The van der Waals surface area contributed by atoms with Gasteiger partial charge in [-0.2, -0.15) is 0 Å². The van der Waals surface area contributed by atoms with E-state index in [-0.39, 0.29) is 25.7 Å². The van der Waals surface area contributed by atoms with Crippen LogP contribution < -0.4 is 0 Å². The minimum absolute atomic E-state index is 0.108. The number of phosphoric ester groups is 2. The van der Waals surface area contributed by atoms with Crippen molar-refractivity contribution < 1.29 is 80.2 Å². The van der Waals surface area contributed by atoms with Crippen LogP contribution in [0.15, 0.2) is 0 Å². The number of esters is 4. The van der Waals surface area contributed by atoms with Crippen molar-refractivity contribution in [1.29, 1.82) is 0 Å². The summed E-state index contributed by atoms with van der Waals surface area (Å²) in [5.41, 5.74) is 0. The molecule has 0 bridgehead atoms. The summed E-state index contributed by atoms with van der Waals surface area (Å²) in [6.45, 7) is 7.35. The molecule has 0 radical (unpaired) electrons. The molecular formula is C79H154O17P2. The van der Waals surface area contributed by atoms with Gasteiger partial charge in [0.2, 0.25) is 0 Å². The zero-order valence-corrected chi connectivity index (χ0v) is 65.7. The average molecular weight is 1440 g/mol. The summed E-state index contributed by atoms with van der Waals surface area (Å²) in [5.74, 6) is -1.30. The standard InChI is InChI=1S/C79H154O17P2/c1-6-9-12-15-18-21-24-26-27-31-34-39-43-48-53-58-63-77(82)90-69-75(96-79(84)65-60-55-50-45-40-35-32-29-28-30-33-37-41-46-51-56-61-72(4)5)71-94-98(87,88)92-67-73(80)66-91-97(85,86)93-70-74(68-89-76(81)62-57-52-47-42-36-23-20-17-14-11-8-3)95-78(83)64-59-54-49-44-38-25-22-19-16-13-10-7-2/h72-75,80H,6-71H2,1-5H3,(H,85,86)(H,87,88)/t73-,74+,75+/m0/s1. The molecule has 0 saturated carbocycles. The van der Waals surface area contributed by atoms with E-state index in [1.165, 1.54) is 244 Å². The van der Waals surface area contributed by atoms with E-state index in [4.69, 9.17) is 37.0 Å². The first-order valence-electron chi connectivity index (χ1n) is 41.1. The number of aliphatic hydroxyl groups excluding tert-OH is 1. The monoisotopic (exact) mass is 1440 g/mol. The predicted molar refractivity (Wildman–Crippen MR) is 400 cm³/mol. The van der Waals surface area contributed by atoms with Gasteiger partial charge >= 0.3 is 39.5 Å². The van der Waals surface area contributed by atoms with E-state index in [0.29, 0.717) is 25.7 Å². The highest BCUT2D eigenvalue weighted by atomic mass is 31.2. The van der Waals surface area contributed by atoms with Crippen molar-refractivity contribution >= 4 is 39.5 Å². The lowest BCUT2D eigenvalue weighted by atomic mass is 10.0. The molecule has 0 fully saturated rings. The van der Waals surface area contributed by atoms with Crippen molar-refractivity contribution in [3.63, 3.8) is 0 Å². The normalized spacial score (nSPS) is 13.9. The van der Waals surface area contributed by atoms with Crippen molar-refractivity contribution in [1.82, 2.24) is 0 Å². The van der Waals surface area contributed by atoms with E-state index in [0.717, 1.165) is 95.8 Å². The highest BCUT2D eigenvalue weighted by Crippen LogP contribution is 2.45. The number of hydrogen-bond donors (Lipinski definition) is 3. The SMILES string of the molecule is CCCCCCCCCCCCCCCCCCC(=O)OC[C@H](COP(=O)(O)OC[C@@H](O)COP(=O)(O)OC[C@@H](COC(=O)CCCCCCCCCCCCC)OC(=O)CCCCCCCCCCCCCC)OC(=O)CCCCCCCCCCCCCCCCCCC(C)C. The number of aliphatic hydroxyl groups is 1. The van der Waals surface area contributed by atoms with E-state index >= 15 is 0 Å². The molecule has 0 aliphatic rings. The van der Waals surface area contributed by atoms with Crippen LogP contribution >= 0.6 is 15.6 Å². The van der Waals surface area contributed by atoms with Crippen LogP contribution in [0.1, 0.15) is 420 Å². The van der Waals surface area contributed by atoms with Gasteiger partial charge in [-0.15, -0.1) is 0 Å². The Morgan fingerprint density at radius 2 is 0.469 bits per heavy atom. The van der Waals surface area contributed by atoms with Gasteiger partial charge in [0.05, 0.1) is 26.4 Å². The molecule has 0 aromatic rings. The van der Waals surface area contributed by atoms with Gasteiger partial charge in [0.1, 0.15) is 19.3 Å². The molecule has 0 aromatic heterocycles. The van der Waals surface area contributed by atoms with Crippen LogP contribution in [0.2, 0.25) is 0 Å². The molecule has 3 N–H and O–H groups in total. The molecule has 17 nitrogen and oxygen atoms in total. The second-order valence-electron chi connectivity index (χ2n) is 28.9. The third-order valence-corrected chi connectivity index (χ3v) is 20.4. The molecule has 0 saturated heterocycles. The zero-order chi connectivity index (χ0) is 71.9. The average Bonchev–Trinajstić information content (AvgIpc) is 1.13. The number of ether oxygens (including phenoxy) is 4. The first kappa shape index (κ1) is 96.1. The third kappa shape index (κ3) is 72.4.